The summed E-state index contributed by atoms with van der Waals surface area (Å²) in [6.07, 6.45) is 0.481. The lowest BCUT2D eigenvalue weighted by Crippen LogP contribution is -2.59. The molecule has 0 aliphatic carbocycles. The first-order valence-electron chi connectivity index (χ1n) is 8.25. The van der Waals surface area contributed by atoms with Crippen molar-refractivity contribution in [2.24, 2.45) is 5.41 Å². The molecule has 1 saturated heterocycles. The Kier molecular flexibility index (Phi) is 5.22. The quantitative estimate of drug-likeness (QED) is 0.554. The molecule has 8 heteroatoms. The molecule has 2 rings (SSSR count). The SMILES string of the molecule is CC(C)(C)[C@@]1(CNc2ccc(CO)cc2[N+](=O)[O-])CCCN1C(=O)O. The van der Waals surface area contributed by atoms with Gasteiger partial charge in [0.25, 0.3) is 5.69 Å². The standard InChI is InChI=1S/C17H25N3O5/c1-16(2,3)17(7-4-8-19(17)15(22)23)11-18-13-6-5-12(10-21)9-14(13)20(24)25/h5-6,9,18,21H,4,7-8,10-11H2,1-3H3,(H,22,23)/t17-/m0/s1. The van der Waals surface area contributed by atoms with E-state index in [2.05, 4.69) is 5.32 Å². The van der Waals surface area contributed by atoms with Crippen LogP contribution < -0.4 is 5.32 Å². The summed E-state index contributed by atoms with van der Waals surface area (Å²) in [5.41, 5.74) is -0.341. The Labute approximate surface area is 146 Å². The highest BCUT2D eigenvalue weighted by molar-refractivity contribution is 5.68. The summed E-state index contributed by atoms with van der Waals surface area (Å²) in [6.45, 7) is 6.42. The van der Waals surface area contributed by atoms with Gasteiger partial charge in [0.1, 0.15) is 5.69 Å². The van der Waals surface area contributed by atoms with Crippen molar-refractivity contribution < 1.29 is 19.9 Å². The number of hydrogen-bond acceptors (Lipinski definition) is 5. The van der Waals surface area contributed by atoms with Gasteiger partial charge in [0.15, 0.2) is 0 Å². The number of nitrogens with one attached hydrogen (secondary N) is 1. The van der Waals surface area contributed by atoms with E-state index >= 15 is 0 Å². The first-order chi connectivity index (χ1) is 11.6. The van der Waals surface area contributed by atoms with Crippen molar-refractivity contribution in [3.05, 3.63) is 33.9 Å². The molecule has 0 aromatic heterocycles. The molecular formula is C17H25N3O5. The van der Waals surface area contributed by atoms with Crippen molar-refractivity contribution in [1.82, 2.24) is 4.90 Å². The monoisotopic (exact) mass is 351 g/mol. The maximum absolute atomic E-state index is 11.7. The van der Waals surface area contributed by atoms with Crippen molar-refractivity contribution >= 4 is 17.5 Å². The summed E-state index contributed by atoms with van der Waals surface area (Å²) in [6, 6.07) is 4.50. The van der Waals surface area contributed by atoms with Gasteiger partial charge < -0.3 is 20.4 Å². The van der Waals surface area contributed by atoms with Crippen LogP contribution in [0.5, 0.6) is 0 Å². The van der Waals surface area contributed by atoms with Gasteiger partial charge in [-0.15, -0.1) is 0 Å². The van der Waals surface area contributed by atoms with Gasteiger partial charge in [-0.1, -0.05) is 26.8 Å². The average molecular weight is 351 g/mol. The first kappa shape index (κ1) is 19.0. The summed E-state index contributed by atoms with van der Waals surface area (Å²) in [5.74, 6) is 0. The zero-order valence-electron chi connectivity index (χ0n) is 14.8. The average Bonchev–Trinajstić information content (AvgIpc) is 2.98. The minimum Gasteiger partial charge on any atom is -0.465 e. The maximum atomic E-state index is 11.7. The van der Waals surface area contributed by atoms with Crippen molar-refractivity contribution in [2.45, 2.75) is 45.8 Å². The largest absolute Gasteiger partial charge is 0.465 e. The van der Waals surface area contributed by atoms with Crippen LogP contribution in [0.3, 0.4) is 0 Å². The van der Waals surface area contributed by atoms with Crippen LogP contribution in [0.2, 0.25) is 0 Å². The molecule has 0 unspecified atom stereocenters. The second kappa shape index (κ2) is 6.87. The first-order valence-corrected chi connectivity index (χ1v) is 8.25. The molecule has 1 atom stereocenters. The zero-order chi connectivity index (χ0) is 18.8. The minimum absolute atomic E-state index is 0.129. The van der Waals surface area contributed by atoms with Gasteiger partial charge in [-0.2, -0.15) is 0 Å². The Balaban J connectivity index is 2.34. The molecule has 1 amide bonds. The van der Waals surface area contributed by atoms with Gasteiger partial charge in [-0.05, 0) is 29.9 Å². The normalized spacial score (nSPS) is 20.6. The van der Waals surface area contributed by atoms with Crippen LogP contribution in [-0.2, 0) is 6.61 Å². The molecule has 1 aliphatic heterocycles. The van der Waals surface area contributed by atoms with Crippen LogP contribution in [0.1, 0.15) is 39.2 Å². The van der Waals surface area contributed by atoms with E-state index in [1.807, 2.05) is 20.8 Å². The molecule has 1 heterocycles. The number of nitrogens with zero attached hydrogens (tertiary/aromatic N) is 2. The van der Waals surface area contributed by atoms with Crippen LogP contribution in [0.25, 0.3) is 0 Å². The summed E-state index contributed by atoms with van der Waals surface area (Å²) in [5, 5.41) is 33.2. The Bertz CT molecular complexity index is 671. The van der Waals surface area contributed by atoms with Crippen LogP contribution in [-0.4, -0.2) is 44.8 Å². The Morgan fingerprint density at radius 3 is 2.64 bits per heavy atom. The van der Waals surface area contributed by atoms with Crippen LogP contribution in [0, 0.1) is 15.5 Å². The fourth-order valence-corrected chi connectivity index (χ4v) is 3.60. The third-order valence-electron chi connectivity index (χ3n) is 5.13. The van der Waals surface area contributed by atoms with Crippen molar-refractivity contribution in [3.63, 3.8) is 0 Å². The summed E-state index contributed by atoms with van der Waals surface area (Å²) >= 11 is 0. The van der Waals surface area contributed by atoms with E-state index in [4.69, 9.17) is 5.11 Å². The van der Waals surface area contributed by atoms with Gasteiger partial charge >= 0.3 is 6.09 Å². The number of anilines is 1. The number of hydrogen-bond donors (Lipinski definition) is 3. The molecule has 3 N–H and O–H groups in total. The second-order valence-corrected chi connectivity index (χ2v) is 7.44. The number of benzene rings is 1. The lowest BCUT2D eigenvalue weighted by Gasteiger charge is -2.47. The number of likely N-dealkylation sites (tertiary alicyclic amines) is 1. The second-order valence-electron chi connectivity index (χ2n) is 7.44. The number of carbonyl (C=O) groups is 1. The predicted molar refractivity (Wildman–Crippen MR) is 93.7 cm³/mol. The van der Waals surface area contributed by atoms with Crippen LogP contribution >= 0.6 is 0 Å². The number of nitro benzene ring substituents is 1. The third kappa shape index (κ3) is 3.53. The Morgan fingerprint density at radius 1 is 1.44 bits per heavy atom. The highest BCUT2D eigenvalue weighted by Crippen LogP contribution is 2.44. The Hall–Kier alpha value is -2.35. The molecule has 25 heavy (non-hydrogen) atoms. The minimum atomic E-state index is -0.973. The highest BCUT2D eigenvalue weighted by Gasteiger charge is 2.51. The van der Waals surface area contributed by atoms with E-state index < -0.39 is 16.6 Å². The summed E-state index contributed by atoms with van der Waals surface area (Å²) in [4.78, 5) is 24.0. The molecule has 1 fully saturated rings. The molecule has 0 spiro atoms. The lowest BCUT2D eigenvalue weighted by molar-refractivity contribution is -0.384. The van der Waals surface area contributed by atoms with E-state index in [-0.39, 0.29) is 24.3 Å². The molecule has 1 aromatic rings. The number of carboxylic acid groups (broad SMARTS) is 1. The molecule has 138 valence electrons. The lowest BCUT2D eigenvalue weighted by atomic mass is 9.71. The molecule has 0 saturated carbocycles. The van der Waals surface area contributed by atoms with Crippen molar-refractivity contribution in [2.75, 3.05) is 18.4 Å². The predicted octanol–water partition coefficient (Wildman–Crippen LogP) is 3.06. The van der Waals surface area contributed by atoms with E-state index in [1.54, 1.807) is 12.1 Å². The van der Waals surface area contributed by atoms with Crippen LogP contribution in [0.15, 0.2) is 18.2 Å². The van der Waals surface area contributed by atoms with Gasteiger partial charge in [-0.25, -0.2) is 4.79 Å². The van der Waals surface area contributed by atoms with Gasteiger partial charge in [0.2, 0.25) is 0 Å². The smallest absolute Gasteiger partial charge is 0.407 e. The topological polar surface area (TPSA) is 116 Å². The number of aliphatic hydroxyl groups excluding tert-OH is 1. The molecule has 0 radical (unpaired) electrons. The van der Waals surface area contributed by atoms with Gasteiger partial charge in [-0.3, -0.25) is 10.1 Å². The van der Waals surface area contributed by atoms with Crippen molar-refractivity contribution in [1.29, 1.82) is 0 Å². The maximum Gasteiger partial charge on any atom is 0.407 e. The van der Waals surface area contributed by atoms with E-state index in [0.717, 1.165) is 6.42 Å². The fourth-order valence-electron chi connectivity index (χ4n) is 3.60. The van der Waals surface area contributed by atoms with E-state index in [0.29, 0.717) is 24.2 Å². The van der Waals surface area contributed by atoms with Crippen LogP contribution in [0.4, 0.5) is 16.2 Å². The number of amides is 1. The molecule has 1 aliphatic rings. The molecule has 0 bridgehead atoms. The van der Waals surface area contributed by atoms with E-state index in [9.17, 15) is 20.0 Å². The van der Waals surface area contributed by atoms with E-state index in [1.165, 1.54) is 11.0 Å². The molecular weight excluding hydrogens is 326 g/mol. The molecule has 8 nitrogen and oxygen atoms in total. The molecule has 1 aromatic carbocycles. The summed E-state index contributed by atoms with van der Waals surface area (Å²) < 4.78 is 0. The van der Waals surface area contributed by atoms with Crippen molar-refractivity contribution in [3.8, 4) is 0 Å². The van der Waals surface area contributed by atoms with Gasteiger partial charge in [0, 0.05) is 19.2 Å². The fraction of sp³-hybridized carbons (Fsp3) is 0.588. The number of rotatable bonds is 5. The zero-order valence-corrected chi connectivity index (χ0v) is 14.8. The van der Waals surface area contributed by atoms with Gasteiger partial charge in [0.05, 0.1) is 17.1 Å². The Morgan fingerprint density at radius 2 is 2.12 bits per heavy atom. The highest BCUT2D eigenvalue weighted by atomic mass is 16.6. The summed E-state index contributed by atoms with van der Waals surface area (Å²) in [7, 11) is 0. The number of aliphatic hydroxyl groups is 1. The third-order valence-corrected chi connectivity index (χ3v) is 5.13. The number of nitro groups is 1.